The van der Waals surface area contributed by atoms with Gasteiger partial charge in [-0.2, -0.15) is 0 Å². The van der Waals surface area contributed by atoms with Crippen molar-refractivity contribution in [3.63, 3.8) is 0 Å². The molecule has 0 aliphatic carbocycles. The quantitative estimate of drug-likeness (QED) is 0.155. The summed E-state index contributed by atoms with van der Waals surface area (Å²) in [6, 6.07) is 82.2. The topological polar surface area (TPSA) is 3.24 Å². The summed E-state index contributed by atoms with van der Waals surface area (Å²) in [6.45, 7) is 0. The lowest BCUT2D eigenvalue weighted by Gasteiger charge is -2.26. The molecular formula is C58H37NS2. The lowest BCUT2D eigenvalue weighted by atomic mass is 9.92. The number of hydrogen-bond acceptors (Lipinski definition) is 3. The molecule has 0 saturated carbocycles. The van der Waals surface area contributed by atoms with E-state index in [1.54, 1.807) is 0 Å². The first-order chi connectivity index (χ1) is 30.3. The summed E-state index contributed by atoms with van der Waals surface area (Å²) < 4.78 is 5.23. The van der Waals surface area contributed by atoms with Gasteiger partial charge in [-0.25, -0.2) is 0 Å². The molecule has 12 rings (SSSR count). The van der Waals surface area contributed by atoms with Gasteiger partial charge in [-0.3, -0.25) is 0 Å². The Morgan fingerprint density at radius 3 is 1.25 bits per heavy atom. The number of hydrogen-bond donors (Lipinski definition) is 0. The Morgan fingerprint density at radius 2 is 0.656 bits per heavy atom. The van der Waals surface area contributed by atoms with Crippen LogP contribution in [0.1, 0.15) is 0 Å². The van der Waals surface area contributed by atoms with Crippen LogP contribution < -0.4 is 4.90 Å². The first kappa shape index (κ1) is 35.6. The first-order valence-electron chi connectivity index (χ1n) is 20.7. The van der Waals surface area contributed by atoms with Gasteiger partial charge in [0.1, 0.15) is 0 Å². The van der Waals surface area contributed by atoms with Crippen LogP contribution in [-0.4, -0.2) is 0 Å². The van der Waals surface area contributed by atoms with Gasteiger partial charge < -0.3 is 4.90 Å². The highest BCUT2D eigenvalue weighted by Crippen LogP contribution is 2.48. The summed E-state index contributed by atoms with van der Waals surface area (Å²) in [5.41, 5.74) is 13.3. The Hall–Kier alpha value is -7.30. The highest BCUT2D eigenvalue weighted by atomic mass is 32.1. The normalized spacial score (nSPS) is 11.6. The standard InChI is InChI=1S/C58H37NS2/c1-3-14-38(15-4-1)44-36-37-45(49-19-8-7-18-48(44)49)40-28-32-42(33-29-40)59(43-34-30-41(31-35-43)47-22-11-23-51-50-20-9-10-27-55(50)60-56(47)51)54-26-13-25-53-52-24-12-21-46(57(52)61-58(53)54)39-16-5-2-6-17-39/h1-37H. The fourth-order valence-corrected chi connectivity index (χ4v) is 11.8. The van der Waals surface area contributed by atoms with Gasteiger partial charge in [0.15, 0.2) is 0 Å². The van der Waals surface area contributed by atoms with E-state index in [0.29, 0.717) is 0 Å². The zero-order valence-corrected chi connectivity index (χ0v) is 34.8. The van der Waals surface area contributed by atoms with Crippen LogP contribution in [0.2, 0.25) is 0 Å². The average molecular weight is 812 g/mol. The van der Waals surface area contributed by atoms with E-state index in [2.05, 4.69) is 229 Å². The molecular weight excluding hydrogens is 775 g/mol. The summed E-state index contributed by atoms with van der Waals surface area (Å²) in [5.74, 6) is 0. The minimum atomic E-state index is 1.11. The highest BCUT2D eigenvalue weighted by molar-refractivity contribution is 7.27. The maximum Gasteiger partial charge on any atom is 0.0640 e. The van der Waals surface area contributed by atoms with Crippen LogP contribution in [0.5, 0.6) is 0 Å². The smallest absolute Gasteiger partial charge is 0.0640 e. The van der Waals surface area contributed by atoms with Crippen LogP contribution in [0.15, 0.2) is 224 Å². The number of rotatable bonds is 7. The van der Waals surface area contributed by atoms with Crippen molar-refractivity contribution in [3.05, 3.63) is 224 Å². The zero-order chi connectivity index (χ0) is 40.3. The van der Waals surface area contributed by atoms with Crippen LogP contribution in [-0.2, 0) is 0 Å². The van der Waals surface area contributed by atoms with Gasteiger partial charge in [-0.15, -0.1) is 22.7 Å². The molecule has 3 heteroatoms. The van der Waals surface area contributed by atoms with Crippen molar-refractivity contribution >= 4 is 90.9 Å². The molecule has 12 aromatic rings. The van der Waals surface area contributed by atoms with Crippen molar-refractivity contribution in [2.24, 2.45) is 0 Å². The van der Waals surface area contributed by atoms with E-state index in [0.717, 1.165) is 11.4 Å². The van der Waals surface area contributed by atoms with Crippen molar-refractivity contribution in [2.75, 3.05) is 4.90 Å². The number of benzene rings is 10. The summed E-state index contributed by atoms with van der Waals surface area (Å²) >= 11 is 3.77. The van der Waals surface area contributed by atoms with Crippen molar-refractivity contribution < 1.29 is 0 Å². The number of fused-ring (bicyclic) bond motifs is 7. The third kappa shape index (κ3) is 6.04. The predicted molar refractivity (Wildman–Crippen MR) is 266 cm³/mol. The van der Waals surface area contributed by atoms with Crippen molar-refractivity contribution in [1.82, 2.24) is 0 Å². The lowest BCUT2D eigenvalue weighted by molar-refractivity contribution is 1.30. The Morgan fingerprint density at radius 1 is 0.246 bits per heavy atom. The minimum Gasteiger partial charge on any atom is -0.309 e. The van der Waals surface area contributed by atoms with Gasteiger partial charge in [-0.05, 0) is 91.7 Å². The van der Waals surface area contributed by atoms with Crippen LogP contribution in [0, 0.1) is 0 Å². The molecule has 1 nitrogen and oxygen atoms in total. The van der Waals surface area contributed by atoms with E-state index < -0.39 is 0 Å². The fraction of sp³-hybridized carbons (Fsp3) is 0. The third-order valence-corrected chi connectivity index (χ3v) is 14.6. The van der Waals surface area contributed by atoms with E-state index in [-0.39, 0.29) is 0 Å². The number of thiophene rings is 2. The second kappa shape index (κ2) is 14.8. The fourth-order valence-electron chi connectivity index (χ4n) is 9.23. The van der Waals surface area contributed by atoms with Crippen LogP contribution in [0.4, 0.5) is 17.1 Å². The summed E-state index contributed by atoms with van der Waals surface area (Å²) in [7, 11) is 0. The molecule has 286 valence electrons. The second-order valence-electron chi connectivity index (χ2n) is 15.6. The van der Waals surface area contributed by atoms with Crippen molar-refractivity contribution in [2.45, 2.75) is 0 Å². The highest BCUT2D eigenvalue weighted by Gasteiger charge is 2.21. The zero-order valence-electron chi connectivity index (χ0n) is 33.1. The second-order valence-corrected chi connectivity index (χ2v) is 17.7. The summed E-state index contributed by atoms with van der Waals surface area (Å²) in [6.07, 6.45) is 0. The SMILES string of the molecule is c1ccc(-c2ccc(-c3ccc(N(c4ccc(-c5cccc6c5sc5ccccc56)cc4)c4cccc5c4sc4c(-c6ccccc6)cccc45)cc3)c3ccccc23)cc1. The van der Waals surface area contributed by atoms with Gasteiger partial charge in [-0.1, -0.05) is 188 Å². The van der Waals surface area contributed by atoms with E-state index >= 15 is 0 Å². The molecule has 0 bridgehead atoms. The largest absolute Gasteiger partial charge is 0.309 e. The summed E-state index contributed by atoms with van der Waals surface area (Å²) in [4.78, 5) is 2.45. The van der Waals surface area contributed by atoms with Crippen LogP contribution in [0.25, 0.3) is 95.6 Å². The average Bonchev–Trinajstić information content (AvgIpc) is 3.92. The molecule has 61 heavy (non-hydrogen) atoms. The van der Waals surface area contributed by atoms with Crippen LogP contribution in [0.3, 0.4) is 0 Å². The van der Waals surface area contributed by atoms with Crippen molar-refractivity contribution in [1.29, 1.82) is 0 Å². The molecule has 0 aliphatic heterocycles. The van der Waals surface area contributed by atoms with E-state index in [9.17, 15) is 0 Å². The first-order valence-corrected chi connectivity index (χ1v) is 22.4. The van der Waals surface area contributed by atoms with Gasteiger partial charge >= 0.3 is 0 Å². The Bertz CT molecular complexity index is 3560. The molecule has 0 unspecified atom stereocenters. The summed E-state index contributed by atoms with van der Waals surface area (Å²) in [5, 5.41) is 7.71. The Kier molecular flexibility index (Phi) is 8.62. The monoisotopic (exact) mass is 811 g/mol. The van der Waals surface area contributed by atoms with Crippen LogP contribution >= 0.6 is 22.7 Å². The van der Waals surface area contributed by atoms with E-state index in [4.69, 9.17) is 0 Å². The van der Waals surface area contributed by atoms with Gasteiger partial charge in [0.05, 0.1) is 10.4 Å². The van der Waals surface area contributed by atoms with Crippen molar-refractivity contribution in [3.8, 4) is 44.5 Å². The van der Waals surface area contributed by atoms with E-state index in [1.807, 2.05) is 22.7 Å². The predicted octanol–water partition coefficient (Wildman–Crippen LogP) is 17.7. The van der Waals surface area contributed by atoms with E-state index in [1.165, 1.54) is 101 Å². The molecule has 0 saturated heterocycles. The minimum absolute atomic E-state index is 1.11. The Balaban J connectivity index is 1.01. The molecule has 0 spiro atoms. The molecule has 2 heterocycles. The molecule has 2 aromatic heterocycles. The van der Waals surface area contributed by atoms with Gasteiger partial charge in [0, 0.05) is 47.0 Å². The molecule has 0 N–H and O–H groups in total. The maximum absolute atomic E-state index is 2.45. The molecule has 10 aromatic carbocycles. The molecule has 0 radical (unpaired) electrons. The number of anilines is 3. The molecule has 0 fully saturated rings. The maximum atomic E-state index is 2.45. The van der Waals surface area contributed by atoms with Gasteiger partial charge in [0.2, 0.25) is 0 Å². The molecule has 0 amide bonds. The van der Waals surface area contributed by atoms with Gasteiger partial charge in [0.25, 0.3) is 0 Å². The molecule has 0 aliphatic rings. The number of nitrogens with zero attached hydrogens (tertiary/aromatic N) is 1. The Labute approximate surface area is 362 Å². The third-order valence-electron chi connectivity index (χ3n) is 12.1. The molecule has 0 atom stereocenters. The lowest BCUT2D eigenvalue weighted by Crippen LogP contribution is -2.10.